The van der Waals surface area contributed by atoms with Crippen LogP contribution in [0.25, 0.3) is 0 Å². The molecule has 0 aliphatic rings. The fourth-order valence-corrected chi connectivity index (χ4v) is 1.74. The Labute approximate surface area is 114 Å². The summed E-state index contributed by atoms with van der Waals surface area (Å²) in [6.45, 7) is 4.04. The predicted octanol–water partition coefficient (Wildman–Crippen LogP) is 1.31. The Balaban J connectivity index is 2.77. The third kappa shape index (κ3) is 4.69. The number of likely N-dealkylation sites (N-methyl/N-ethyl adjacent to an activating group) is 1. The fraction of sp³-hybridized carbons (Fsp3) is 0.500. The van der Waals surface area contributed by atoms with Gasteiger partial charge in [0.05, 0.1) is 5.56 Å². The molecule has 19 heavy (non-hydrogen) atoms. The van der Waals surface area contributed by atoms with E-state index in [0.717, 1.165) is 0 Å². The Morgan fingerprint density at radius 1 is 1.37 bits per heavy atom. The Morgan fingerprint density at radius 2 is 2.05 bits per heavy atom. The molecule has 0 saturated heterocycles. The lowest BCUT2D eigenvalue weighted by Crippen LogP contribution is -2.46. The molecule has 1 aromatic heterocycles. The first-order valence-electron chi connectivity index (χ1n) is 6.34. The van der Waals surface area contributed by atoms with E-state index < -0.39 is 6.04 Å². The average Bonchev–Trinajstić information content (AvgIpc) is 2.37. The summed E-state index contributed by atoms with van der Waals surface area (Å²) in [6.07, 6.45) is 3.71. The molecule has 1 aromatic rings. The molecule has 0 aromatic carbocycles. The molecule has 0 bridgehead atoms. The number of hydrogen-bond acceptors (Lipinski definition) is 3. The van der Waals surface area contributed by atoms with Crippen LogP contribution in [-0.2, 0) is 4.79 Å². The minimum absolute atomic E-state index is 0.0917. The van der Waals surface area contributed by atoms with Gasteiger partial charge in [-0.05, 0) is 24.5 Å². The van der Waals surface area contributed by atoms with Gasteiger partial charge >= 0.3 is 0 Å². The Morgan fingerprint density at radius 3 is 2.53 bits per heavy atom. The van der Waals surface area contributed by atoms with Crippen molar-refractivity contribution in [2.75, 3.05) is 14.1 Å². The van der Waals surface area contributed by atoms with Crippen molar-refractivity contribution < 1.29 is 9.59 Å². The molecule has 0 spiro atoms. The zero-order chi connectivity index (χ0) is 14.4. The molecule has 0 saturated carbocycles. The number of carbonyl (C=O) groups excluding carboxylic acids is 2. The summed E-state index contributed by atoms with van der Waals surface area (Å²) in [7, 11) is 3.37. The quantitative estimate of drug-likeness (QED) is 0.871. The molecule has 2 amide bonds. The number of aromatic nitrogens is 1. The van der Waals surface area contributed by atoms with Gasteiger partial charge in [0, 0.05) is 26.5 Å². The van der Waals surface area contributed by atoms with E-state index in [-0.39, 0.29) is 11.8 Å². The van der Waals surface area contributed by atoms with Crippen LogP contribution in [0.2, 0.25) is 0 Å². The van der Waals surface area contributed by atoms with E-state index in [9.17, 15) is 9.59 Å². The van der Waals surface area contributed by atoms with Crippen molar-refractivity contribution in [2.45, 2.75) is 26.3 Å². The van der Waals surface area contributed by atoms with Crippen LogP contribution in [0.5, 0.6) is 0 Å². The molecule has 1 N–H and O–H groups in total. The Kier molecular flexibility index (Phi) is 5.48. The van der Waals surface area contributed by atoms with Gasteiger partial charge < -0.3 is 10.2 Å². The monoisotopic (exact) mass is 263 g/mol. The molecule has 0 fully saturated rings. The summed E-state index contributed by atoms with van der Waals surface area (Å²) in [5.74, 6) is -0.0389. The maximum atomic E-state index is 12.0. The van der Waals surface area contributed by atoms with Gasteiger partial charge in [0.2, 0.25) is 5.91 Å². The third-order valence-corrected chi connectivity index (χ3v) is 2.68. The van der Waals surface area contributed by atoms with Crippen molar-refractivity contribution in [3.05, 3.63) is 30.1 Å². The largest absolute Gasteiger partial charge is 0.347 e. The summed E-state index contributed by atoms with van der Waals surface area (Å²) in [5.41, 5.74) is 0.461. The molecular formula is C14H21N3O2. The number of nitrogens with one attached hydrogen (secondary N) is 1. The molecule has 1 heterocycles. The molecule has 0 aliphatic carbocycles. The lowest BCUT2D eigenvalue weighted by atomic mass is 10.0. The molecule has 0 radical (unpaired) electrons. The number of amides is 2. The summed E-state index contributed by atoms with van der Waals surface area (Å²) in [4.78, 5) is 29.5. The predicted molar refractivity (Wildman–Crippen MR) is 73.6 cm³/mol. The van der Waals surface area contributed by atoms with Crippen molar-refractivity contribution in [3.8, 4) is 0 Å². The first-order valence-corrected chi connectivity index (χ1v) is 6.34. The molecule has 104 valence electrons. The van der Waals surface area contributed by atoms with E-state index in [1.807, 2.05) is 13.8 Å². The fourth-order valence-electron chi connectivity index (χ4n) is 1.74. The molecular weight excluding hydrogens is 242 g/mol. The van der Waals surface area contributed by atoms with Crippen molar-refractivity contribution in [2.24, 2.45) is 5.92 Å². The number of nitrogens with zero attached hydrogens (tertiary/aromatic N) is 2. The first kappa shape index (κ1) is 15.1. The second kappa shape index (κ2) is 6.87. The van der Waals surface area contributed by atoms with Gasteiger partial charge in [-0.25, -0.2) is 0 Å². The maximum Gasteiger partial charge on any atom is 0.253 e. The van der Waals surface area contributed by atoms with Crippen LogP contribution in [0.15, 0.2) is 24.5 Å². The van der Waals surface area contributed by atoms with Crippen molar-refractivity contribution in [3.63, 3.8) is 0 Å². The summed E-state index contributed by atoms with van der Waals surface area (Å²) < 4.78 is 0. The van der Waals surface area contributed by atoms with Crippen LogP contribution < -0.4 is 5.32 Å². The molecule has 5 nitrogen and oxygen atoms in total. The summed E-state index contributed by atoms with van der Waals surface area (Å²) in [5, 5.41) is 2.78. The number of pyridine rings is 1. The number of carbonyl (C=O) groups is 2. The van der Waals surface area contributed by atoms with Crippen LogP contribution in [0, 0.1) is 5.92 Å². The van der Waals surface area contributed by atoms with Gasteiger partial charge in [-0.2, -0.15) is 0 Å². The lowest BCUT2D eigenvalue weighted by Gasteiger charge is -2.23. The van der Waals surface area contributed by atoms with Gasteiger partial charge in [-0.1, -0.05) is 13.8 Å². The van der Waals surface area contributed by atoms with Crippen molar-refractivity contribution >= 4 is 11.8 Å². The highest BCUT2D eigenvalue weighted by Gasteiger charge is 2.23. The van der Waals surface area contributed by atoms with E-state index in [1.165, 1.54) is 11.1 Å². The van der Waals surface area contributed by atoms with E-state index in [4.69, 9.17) is 0 Å². The highest BCUT2D eigenvalue weighted by atomic mass is 16.2. The average molecular weight is 263 g/mol. The SMILES string of the molecule is CC(C)C[C@@H](NC(=O)c1cccnc1)C(=O)N(C)C. The number of rotatable bonds is 5. The zero-order valence-electron chi connectivity index (χ0n) is 11.9. The third-order valence-electron chi connectivity index (χ3n) is 2.68. The standard InChI is InChI=1S/C14H21N3O2/c1-10(2)8-12(14(19)17(3)4)16-13(18)11-6-5-7-15-9-11/h5-7,9-10,12H,8H2,1-4H3,(H,16,18)/t12-/m1/s1. The van der Waals surface area contributed by atoms with Crippen LogP contribution in [-0.4, -0.2) is 41.8 Å². The molecule has 0 aliphatic heterocycles. The highest BCUT2D eigenvalue weighted by molar-refractivity contribution is 5.97. The van der Waals surface area contributed by atoms with E-state index in [1.54, 1.807) is 32.4 Å². The second-order valence-electron chi connectivity index (χ2n) is 5.13. The molecule has 5 heteroatoms. The van der Waals surface area contributed by atoms with Gasteiger partial charge in [-0.3, -0.25) is 14.6 Å². The van der Waals surface area contributed by atoms with Crippen LogP contribution in [0.1, 0.15) is 30.6 Å². The summed E-state index contributed by atoms with van der Waals surface area (Å²) >= 11 is 0. The lowest BCUT2D eigenvalue weighted by molar-refractivity contribution is -0.131. The van der Waals surface area contributed by atoms with Crippen molar-refractivity contribution in [1.82, 2.24) is 15.2 Å². The van der Waals surface area contributed by atoms with Crippen LogP contribution >= 0.6 is 0 Å². The van der Waals surface area contributed by atoms with Crippen LogP contribution in [0.4, 0.5) is 0 Å². The van der Waals surface area contributed by atoms with Crippen molar-refractivity contribution in [1.29, 1.82) is 0 Å². The van der Waals surface area contributed by atoms with E-state index in [2.05, 4.69) is 10.3 Å². The van der Waals surface area contributed by atoms with Gasteiger partial charge in [0.15, 0.2) is 0 Å². The van der Waals surface area contributed by atoms with Gasteiger partial charge in [0.1, 0.15) is 6.04 Å². The Hall–Kier alpha value is -1.91. The zero-order valence-corrected chi connectivity index (χ0v) is 11.9. The minimum Gasteiger partial charge on any atom is -0.347 e. The molecule has 0 unspecified atom stereocenters. The smallest absolute Gasteiger partial charge is 0.253 e. The first-order chi connectivity index (χ1) is 8.91. The maximum absolute atomic E-state index is 12.0. The summed E-state index contributed by atoms with van der Waals surface area (Å²) in [6, 6.07) is 2.87. The Bertz CT molecular complexity index is 430. The van der Waals surface area contributed by atoms with E-state index >= 15 is 0 Å². The topological polar surface area (TPSA) is 62.3 Å². The molecule has 1 atom stereocenters. The minimum atomic E-state index is -0.497. The second-order valence-corrected chi connectivity index (χ2v) is 5.13. The normalized spacial score (nSPS) is 12.1. The number of hydrogen-bond donors (Lipinski definition) is 1. The van der Waals surface area contributed by atoms with Crippen LogP contribution in [0.3, 0.4) is 0 Å². The molecule has 1 rings (SSSR count). The highest BCUT2D eigenvalue weighted by Crippen LogP contribution is 2.08. The van der Waals surface area contributed by atoms with E-state index in [0.29, 0.717) is 17.9 Å². The van der Waals surface area contributed by atoms with Gasteiger partial charge in [0.25, 0.3) is 5.91 Å². The van der Waals surface area contributed by atoms with Gasteiger partial charge in [-0.15, -0.1) is 0 Å².